The van der Waals surface area contributed by atoms with Crippen LogP contribution in [-0.2, 0) is 16.0 Å². The Morgan fingerprint density at radius 1 is 1.47 bits per heavy atom. The lowest BCUT2D eigenvalue weighted by molar-refractivity contribution is -0.155. The minimum absolute atomic E-state index is 0.236. The fourth-order valence-corrected chi connectivity index (χ4v) is 2.03. The molecule has 1 aromatic heterocycles. The van der Waals surface area contributed by atoms with Crippen molar-refractivity contribution in [2.75, 3.05) is 20.3 Å². The third-order valence-electron chi connectivity index (χ3n) is 3.35. The number of hydrogen-bond acceptors (Lipinski definition) is 5. The van der Waals surface area contributed by atoms with Gasteiger partial charge in [0.25, 0.3) is 0 Å². The Labute approximate surface area is 114 Å². The molecule has 0 amide bonds. The van der Waals surface area contributed by atoms with Crippen molar-refractivity contribution in [3.05, 3.63) is 23.9 Å². The Morgan fingerprint density at radius 2 is 2.21 bits per heavy atom. The van der Waals surface area contributed by atoms with Crippen LogP contribution in [0.1, 0.15) is 25.8 Å². The lowest BCUT2D eigenvalue weighted by atomic mass is 9.79. The van der Waals surface area contributed by atoms with Gasteiger partial charge >= 0.3 is 5.97 Å². The monoisotopic (exact) mass is 266 g/mol. The van der Waals surface area contributed by atoms with Crippen LogP contribution in [0.3, 0.4) is 0 Å². The van der Waals surface area contributed by atoms with Crippen molar-refractivity contribution in [3.8, 4) is 5.88 Å². The zero-order chi connectivity index (χ0) is 14.3. The molecular formula is C14H22N2O3. The fourth-order valence-electron chi connectivity index (χ4n) is 2.03. The van der Waals surface area contributed by atoms with Crippen molar-refractivity contribution < 1.29 is 14.3 Å². The van der Waals surface area contributed by atoms with Crippen LogP contribution in [0.25, 0.3) is 0 Å². The van der Waals surface area contributed by atoms with E-state index in [1.54, 1.807) is 20.2 Å². The first-order valence-corrected chi connectivity index (χ1v) is 6.48. The van der Waals surface area contributed by atoms with Gasteiger partial charge < -0.3 is 15.2 Å². The first-order chi connectivity index (χ1) is 9.13. The highest BCUT2D eigenvalue weighted by Gasteiger charge is 2.37. The van der Waals surface area contributed by atoms with E-state index in [0.717, 1.165) is 5.56 Å². The van der Waals surface area contributed by atoms with Crippen molar-refractivity contribution in [3.63, 3.8) is 0 Å². The molecule has 0 radical (unpaired) electrons. The maximum atomic E-state index is 12.2. The molecule has 1 aromatic rings. The molecule has 0 aromatic carbocycles. The van der Waals surface area contributed by atoms with Crippen LogP contribution in [0.4, 0.5) is 0 Å². The molecule has 0 saturated carbocycles. The predicted octanol–water partition coefficient (Wildman–Crippen LogP) is 1.55. The highest BCUT2D eigenvalue weighted by molar-refractivity contribution is 5.77. The molecule has 19 heavy (non-hydrogen) atoms. The molecule has 0 spiro atoms. The first-order valence-electron chi connectivity index (χ1n) is 6.48. The summed E-state index contributed by atoms with van der Waals surface area (Å²) >= 11 is 0. The van der Waals surface area contributed by atoms with Crippen molar-refractivity contribution in [1.29, 1.82) is 0 Å². The zero-order valence-corrected chi connectivity index (χ0v) is 11.8. The van der Waals surface area contributed by atoms with E-state index in [2.05, 4.69) is 4.98 Å². The molecule has 0 fully saturated rings. The average molecular weight is 266 g/mol. The average Bonchev–Trinajstić information content (AvgIpc) is 2.45. The number of esters is 1. The number of rotatable bonds is 7. The van der Waals surface area contributed by atoms with Gasteiger partial charge in [-0.2, -0.15) is 0 Å². The summed E-state index contributed by atoms with van der Waals surface area (Å²) in [6.45, 7) is 4.32. The van der Waals surface area contributed by atoms with Crippen LogP contribution < -0.4 is 10.5 Å². The molecule has 1 unspecified atom stereocenters. The lowest BCUT2D eigenvalue weighted by Gasteiger charge is -2.29. The molecule has 0 aliphatic carbocycles. The minimum Gasteiger partial charge on any atom is -0.481 e. The van der Waals surface area contributed by atoms with Crippen LogP contribution in [0, 0.1) is 5.41 Å². The minimum atomic E-state index is -0.716. The van der Waals surface area contributed by atoms with E-state index in [1.165, 1.54) is 0 Å². The van der Waals surface area contributed by atoms with E-state index in [9.17, 15) is 4.79 Å². The van der Waals surface area contributed by atoms with Crippen molar-refractivity contribution in [1.82, 2.24) is 4.98 Å². The van der Waals surface area contributed by atoms with Gasteiger partial charge in [0.2, 0.25) is 5.88 Å². The van der Waals surface area contributed by atoms with Crippen LogP contribution in [-0.4, -0.2) is 31.2 Å². The second kappa shape index (κ2) is 7.09. The van der Waals surface area contributed by atoms with E-state index in [0.29, 0.717) is 25.3 Å². The van der Waals surface area contributed by atoms with Gasteiger partial charge in [0.15, 0.2) is 0 Å². The Hall–Kier alpha value is -1.62. The Bertz CT molecular complexity index is 417. The van der Waals surface area contributed by atoms with Gasteiger partial charge in [0.1, 0.15) is 0 Å². The van der Waals surface area contributed by atoms with E-state index < -0.39 is 5.41 Å². The first kappa shape index (κ1) is 15.4. The molecule has 0 aliphatic heterocycles. The van der Waals surface area contributed by atoms with Gasteiger partial charge in [-0.15, -0.1) is 0 Å². The highest BCUT2D eigenvalue weighted by Crippen LogP contribution is 2.30. The standard InChI is InChI=1S/C14H22N2O3/c1-4-14(10-15,13(17)19-5-2)9-11-7-6-8-16-12(11)18-3/h6-8H,4-5,9-10,15H2,1-3H3. The molecule has 106 valence electrons. The summed E-state index contributed by atoms with van der Waals surface area (Å²) in [5.41, 5.74) is 5.98. The Morgan fingerprint density at radius 3 is 2.74 bits per heavy atom. The molecule has 1 atom stereocenters. The van der Waals surface area contributed by atoms with Gasteiger partial charge in [-0.25, -0.2) is 4.98 Å². The maximum Gasteiger partial charge on any atom is 0.313 e. The van der Waals surface area contributed by atoms with Gasteiger partial charge in [-0.3, -0.25) is 4.79 Å². The highest BCUT2D eigenvalue weighted by atomic mass is 16.5. The molecule has 1 rings (SSSR count). The molecule has 0 saturated heterocycles. The smallest absolute Gasteiger partial charge is 0.313 e. The molecular weight excluding hydrogens is 244 g/mol. The molecule has 5 heteroatoms. The van der Waals surface area contributed by atoms with Gasteiger partial charge in [0, 0.05) is 18.3 Å². The third kappa shape index (κ3) is 3.44. The summed E-state index contributed by atoms with van der Waals surface area (Å²) in [4.78, 5) is 16.3. The number of nitrogens with two attached hydrogens (primary N) is 1. The predicted molar refractivity (Wildman–Crippen MR) is 72.9 cm³/mol. The molecule has 1 heterocycles. The van der Waals surface area contributed by atoms with Crippen molar-refractivity contribution >= 4 is 5.97 Å². The van der Waals surface area contributed by atoms with E-state index in [-0.39, 0.29) is 12.5 Å². The van der Waals surface area contributed by atoms with Crippen molar-refractivity contribution in [2.45, 2.75) is 26.7 Å². The number of nitrogens with zero attached hydrogens (tertiary/aromatic N) is 1. The van der Waals surface area contributed by atoms with Crippen molar-refractivity contribution in [2.24, 2.45) is 11.1 Å². The topological polar surface area (TPSA) is 74.4 Å². The van der Waals surface area contributed by atoms with Crippen LogP contribution >= 0.6 is 0 Å². The summed E-state index contributed by atoms with van der Waals surface area (Å²) in [5, 5.41) is 0. The second-order valence-corrected chi connectivity index (χ2v) is 4.41. The summed E-state index contributed by atoms with van der Waals surface area (Å²) in [6, 6.07) is 3.71. The molecule has 2 N–H and O–H groups in total. The van der Waals surface area contributed by atoms with E-state index in [4.69, 9.17) is 15.2 Å². The summed E-state index contributed by atoms with van der Waals surface area (Å²) in [6.07, 6.45) is 2.74. The van der Waals surface area contributed by atoms with Crippen LogP contribution in [0.2, 0.25) is 0 Å². The number of carbonyl (C=O) groups excluding carboxylic acids is 1. The Balaban J connectivity index is 3.04. The van der Waals surface area contributed by atoms with Crippen LogP contribution in [0.15, 0.2) is 18.3 Å². The normalized spacial score (nSPS) is 13.7. The number of pyridine rings is 1. The lowest BCUT2D eigenvalue weighted by Crippen LogP contribution is -2.41. The zero-order valence-electron chi connectivity index (χ0n) is 11.8. The number of methoxy groups -OCH3 is 1. The SMILES string of the molecule is CCOC(=O)C(CC)(CN)Cc1cccnc1OC. The summed E-state index contributed by atoms with van der Waals surface area (Å²) in [7, 11) is 1.56. The maximum absolute atomic E-state index is 12.2. The number of aromatic nitrogens is 1. The Kier molecular flexibility index (Phi) is 5.76. The molecule has 5 nitrogen and oxygen atoms in total. The van der Waals surface area contributed by atoms with E-state index in [1.807, 2.05) is 19.1 Å². The largest absolute Gasteiger partial charge is 0.481 e. The molecule has 0 bridgehead atoms. The number of ether oxygens (including phenoxy) is 2. The third-order valence-corrected chi connectivity index (χ3v) is 3.35. The van der Waals surface area contributed by atoms with Gasteiger partial charge in [-0.05, 0) is 25.8 Å². The summed E-state index contributed by atoms with van der Waals surface area (Å²) in [5.74, 6) is 0.268. The fraction of sp³-hybridized carbons (Fsp3) is 0.571. The van der Waals surface area contributed by atoms with E-state index >= 15 is 0 Å². The van der Waals surface area contributed by atoms with Gasteiger partial charge in [-0.1, -0.05) is 13.0 Å². The molecule has 0 aliphatic rings. The second-order valence-electron chi connectivity index (χ2n) is 4.41. The summed E-state index contributed by atoms with van der Waals surface area (Å²) < 4.78 is 10.4. The van der Waals surface area contributed by atoms with Gasteiger partial charge in [0.05, 0.1) is 19.1 Å². The number of carbonyl (C=O) groups is 1. The van der Waals surface area contributed by atoms with Crippen LogP contribution in [0.5, 0.6) is 5.88 Å². The number of hydrogen-bond donors (Lipinski definition) is 1. The quantitative estimate of drug-likeness (QED) is 0.758.